The van der Waals surface area contributed by atoms with Crippen molar-refractivity contribution in [3.8, 4) is 0 Å². The second-order valence-corrected chi connectivity index (χ2v) is 10.3. The summed E-state index contributed by atoms with van der Waals surface area (Å²) in [6, 6.07) is 0. The van der Waals surface area contributed by atoms with Crippen LogP contribution in [-0.4, -0.2) is 13.6 Å². The van der Waals surface area contributed by atoms with Crippen LogP contribution in [-0.2, 0) is 0 Å². The Morgan fingerprint density at radius 3 is 1.43 bits per heavy atom. The Balaban J connectivity index is 3.36. The van der Waals surface area contributed by atoms with Crippen molar-refractivity contribution in [1.82, 2.24) is 0 Å². The van der Waals surface area contributed by atoms with Gasteiger partial charge in [-0.15, -0.1) is 0 Å². The quantitative estimate of drug-likeness (QED) is 0.430. The van der Waals surface area contributed by atoms with Crippen LogP contribution in [0.15, 0.2) is 0 Å². The summed E-state index contributed by atoms with van der Waals surface area (Å²) in [4.78, 5) is 0. The molecule has 1 heteroatoms. The van der Waals surface area contributed by atoms with Crippen molar-refractivity contribution in [3.63, 3.8) is 0 Å². The van der Waals surface area contributed by atoms with Crippen LogP contribution in [0.3, 0.4) is 0 Å². The molecule has 0 aliphatic rings. The van der Waals surface area contributed by atoms with Gasteiger partial charge in [-0.05, 0) is 0 Å². The standard InChI is InChI=1S/C6H14As/c1-5-7(3,4)6-2/h3-6H2,1-2H3/q-1. The first-order valence-electron chi connectivity index (χ1n) is 2.68. The Labute approximate surface area is 49.8 Å². The number of hydrogen-bond donors (Lipinski definition) is 0. The molecule has 0 radical (unpaired) electrons. The zero-order valence-electron chi connectivity index (χ0n) is 5.28. The molecule has 0 saturated heterocycles. The molecule has 0 aromatic heterocycles. The van der Waals surface area contributed by atoms with Gasteiger partial charge in [-0.1, -0.05) is 0 Å². The molecule has 44 valence electrons. The Morgan fingerprint density at radius 2 is 1.43 bits per heavy atom. The Hall–Kier alpha value is 0.558. The molecule has 0 N–H and O–H groups in total. The molecular weight excluding hydrogens is 147 g/mol. The van der Waals surface area contributed by atoms with Crippen LogP contribution in [0.2, 0.25) is 10.4 Å². The second-order valence-electron chi connectivity index (χ2n) is 1.97. The van der Waals surface area contributed by atoms with E-state index >= 15 is 0 Å². The van der Waals surface area contributed by atoms with Crippen LogP contribution >= 0.6 is 0 Å². The maximum absolute atomic E-state index is 4.07. The average Bonchev–Trinajstić information content (AvgIpc) is 1.68. The molecule has 0 amide bonds. The van der Waals surface area contributed by atoms with E-state index in [1.165, 1.54) is 10.4 Å². The second kappa shape index (κ2) is 2.77. The van der Waals surface area contributed by atoms with Gasteiger partial charge in [-0.3, -0.25) is 0 Å². The van der Waals surface area contributed by atoms with Crippen molar-refractivity contribution < 1.29 is 0 Å². The molecule has 0 fully saturated rings. The van der Waals surface area contributed by atoms with E-state index < -0.39 is 13.6 Å². The van der Waals surface area contributed by atoms with Crippen LogP contribution in [0.1, 0.15) is 13.8 Å². The minimum atomic E-state index is -1.44. The Kier molecular flexibility index (Phi) is 2.99. The van der Waals surface area contributed by atoms with Gasteiger partial charge in [0.05, 0.1) is 0 Å². The van der Waals surface area contributed by atoms with Crippen molar-refractivity contribution in [2.75, 3.05) is 0 Å². The maximum atomic E-state index is 4.07. The first kappa shape index (κ1) is 7.56. The first-order valence-corrected chi connectivity index (χ1v) is 7.99. The molecule has 0 aliphatic heterocycles. The van der Waals surface area contributed by atoms with E-state index in [0.717, 1.165) is 0 Å². The van der Waals surface area contributed by atoms with Crippen molar-refractivity contribution in [2.45, 2.75) is 24.3 Å². The number of hydrogen-bond acceptors (Lipinski definition) is 0. The predicted octanol–water partition coefficient (Wildman–Crippen LogP) is 2.22. The topological polar surface area (TPSA) is 0 Å². The third kappa shape index (κ3) is 3.17. The SMILES string of the molecule is [CH2-][As+]([CH2-])(CC)CC. The van der Waals surface area contributed by atoms with Crippen molar-refractivity contribution in [2.24, 2.45) is 0 Å². The van der Waals surface area contributed by atoms with Crippen LogP contribution in [0.5, 0.6) is 0 Å². The van der Waals surface area contributed by atoms with Crippen LogP contribution in [0.25, 0.3) is 0 Å². The van der Waals surface area contributed by atoms with Gasteiger partial charge in [-0.2, -0.15) is 0 Å². The van der Waals surface area contributed by atoms with Crippen LogP contribution in [0, 0.1) is 11.4 Å². The molecule has 0 aromatic carbocycles. The number of rotatable bonds is 2. The summed E-state index contributed by atoms with van der Waals surface area (Å²) in [6.07, 6.45) is 0. The average molecular weight is 161 g/mol. The van der Waals surface area contributed by atoms with Gasteiger partial charge in [0, 0.05) is 0 Å². The predicted molar refractivity (Wildman–Crippen MR) is 37.4 cm³/mol. The fourth-order valence-corrected chi connectivity index (χ4v) is 1.16. The molecule has 0 spiro atoms. The van der Waals surface area contributed by atoms with Crippen molar-refractivity contribution >= 4 is 13.6 Å². The monoisotopic (exact) mass is 161 g/mol. The van der Waals surface area contributed by atoms with E-state index in [2.05, 4.69) is 25.3 Å². The zero-order chi connectivity index (χ0) is 5.91. The summed E-state index contributed by atoms with van der Waals surface area (Å²) in [6.45, 7) is 4.38. The molecular formula is C6H14As-. The molecule has 0 unspecified atom stereocenters. The molecule has 0 rings (SSSR count). The Morgan fingerprint density at radius 1 is 1.14 bits per heavy atom. The van der Waals surface area contributed by atoms with Crippen molar-refractivity contribution in [1.29, 1.82) is 0 Å². The van der Waals surface area contributed by atoms with Gasteiger partial charge < -0.3 is 0 Å². The van der Waals surface area contributed by atoms with E-state index in [1.54, 1.807) is 0 Å². The van der Waals surface area contributed by atoms with Crippen molar-refractivity contribution in [3.05, 3.63) is 11.4 Å². The van der Waals surface area contributed by atoms with E-state index in [9.17, 15) is 0 Å². The molecule has 0 nitrogen and oxygen atoms in total. The zero-order valence-corrected chi connectivity index (χ0v) is 7.15. The molecule has 0 heterocycles. The molecule has 0 saturated carbocycles. The van der Waals surface area contributed by atoms with E-state index in [1.807, 2.05) is 0 Å². The van der Waals surface area contributed by atoms with Gasteiger partial charge in [-0.25, -0.2) is 0 Å². The summed E-state index contributed by atoms with van der Waals surface area (Å²) in [7, 11) is 0. The summed E-state index contributed by atoms with van der Waals surface area (Å²) in [5.41, 5.74) is 8.14. The van der Waals surface area contributed by atoms with E-state index in [4.69, 9.17) is 0 Å². The third-order valence-corrected chi connectivity index (χ3v) is 6.97. The minimum absolute atomic E-state index is 1.24. The van der Waals surface area contributed by atoms with Crippen LogP contribution < -0.4 is 0 Å². The summed E-state index contributed by atoms with van der Waals surface area (Å²) < 4.78 is 0. The van der Waals surface area contributed by atoms with Gasteiger partial charge in [0.25, 0.3) is 0 Å². The molecule has 7 heavy (non-hydrogen) atoms. The fraction of sp³-hybridized carbons (Fsp3) is 0.667. The van der Waals surface area contributed by atoms with Gasteiger partial charge >= 0.3 is 49.2 Å². The van der Waals surface area contributed by atoms with Gasteiger partial charge in [0.1, 0.15) is 0 Å². The molecule has 0 bridgehead atoms. The van der Waals surface area contributed by atoms with E-state index in [0.29, 0.717) is 0 Å². The summed E-state index contributed by atoms with van der Waals surface area (Å²) >= 11 is -1.44. The molecule has 0 atom stereocenters. The molecule has 0 aliphatic carbocycles. The normalized spacial score (nSPS) is 12.0. The summed E-state index contributed by atoms with van der Waals surface area (Å²) in [5.74, 6) is 0. The first-order chi connectivity index (χ1) is 3.12. The fourth-order valence-electron chi connectivity index (χ4n) is 0.224. The van der Waals surface area contributed by atoms with Crippen LogP contribution in [0.4, 0.5) is 0 Å². The van der Waals surface area contributed by atoms with E-state index in [-0.39, 0.29) is 0 Å². The van der Waals surface area contributed by atoms with Gasteiger partial charge in [0.2, 0.25) is 0 Å². The molecule has 0 aromatic rings. The third-order valence-electron chi connectivity index (χ3n) is 1.34. The Bertz CT molecular complexity index is 42.1. The summed E-state index contributed by atoms with van der Waals surface area (Å²) in [5, 5.41) is 2.49. The van der Waals surface area contributed by atoms with Gasteiger partial charge in [0.15, 0.2) is 0 Å².